The van der Waals surface area contributed by atoms with Crippen molar-refractivity contribution >= 4 is 21.6 Å². The fourth-order valence-corrected chi connectivity index (χ4v) is 1.98. The normalized spacial score (nSPS) is 13.1. The second kappa shape index (κ2) is 5.78. The van der Waals surface area contributed by atoms with Gasteiger partial charge in [0.25, 0.3) is 0 Å². The maximum absolute atomic E-state index is 12.1. The van der Waals surface area contributed by atoms with Gasteiger partial charge >= 0.3 is 6.36 Å². The second-order valence-corrected chi connectivity index (χ2v) is 4.87. The molecule has 0 aliphatic rings. The summed E-state index contributed by atoms with van der Waals surface area (Å²) in [6, 6.07) is 8.98. The summed E-state index contributed by atoms with van der Waals surface area (Å²) in [6.07, 6.45) is -4.70. The van der Waals surface area contributed by atoms with E-state index in [0.29, 0.717) is 16.1 Å². The fraction of sp³-hybridized carbons (Fsp3) is 0.231. The van der Waals surface area contributed by atoms with E-state index in [2.05, 4.69) is 26.0 Å². The maximum Gasteiger partial charge on any atom is 0.573 e. The van der Waals surface area contributed by atoms with Crippen LogP contribution in [-0.2, 0) is 0 Å². The fourth-order valence-electron chi connectivity index (χ4n) is 1.67. The molecule has 0 aliphatic heterocycles. The SMILES string of the molecule is CC(Nc1cccc(OC(F)(F)F)c1)c1ccc(Br)o1. The van der Waals surface area contributed by atoms with E-state index < -0.39 is 6.36 Å². The number of ether oxygens (including phenoxy) is 1. The molecule has 7 heteroatoms. The molecule has 1 aromatic carbocycles. The summed E-state index contributed by atoms with van der Waals surface area (Å²) in [7, 11) is 0. The van der Waals surface area contributed by atoms with Crippen molar-refractivity contribution in [2.24, 2.45) is 0 Å². The molecule has 2 rings (SSSR count). The number of anilines is 1. The first-order valence-electron chi connectivity index (χ1n) is 5.71. The Balaban J connectivity index is 2.08. The second-order valence-electron chi connectivity index (χ2n) is 4.08. The molecule has 108 valence electrons. The zero-order valence-corrected chi connectivity index (χ0v) is 12.0. The largest absolute Gasteiger partial charge is 0.573 e. The van der Waals surface area contributed by atoms with Gasteiger partial charge in [-0.2, -0.15) is 0 Å². The highest BCUT2D eigenvalue weighted by Crippen LogP contribution is 2.28. The van der Waals surface area contributed by atoms with Crippen molar-refractivity contribution < 1.29 is 22.3 Å². The van der Waals surface area contributed by atoms with E-state index in [-0.39, 0.29) is 11.8 Å². The van der Waals surface area contributed by atoms with E-state index in [1.165, 1.54) is 18.2 Å². The van der Waals surface area contributed by atoms with Gasteiger partial charge in [-0.05, 0) is 47.1 Å². The highest BCUT2D eigenvalue weighted by molar-refractivity contribution is 9.10. The molecule has 2 aromatic rings. The number of halogens is 4. The highest BCUT2D eigenvalue weighted by Gasteiger charge is 2.31. The van der Waals surface area contributed by atoms with Crippen molar-refractivity contribution in [1.82, 2.24) is 0 Å². The van der Waals surface area contributed by atoms with Gasteiger partial charge in [-0.25, -0.2) is 0 Å². The Morgan fingerprint density at radius 1 is 1.25 bits per heavy atom. The van der Waals surface area contributed by atoms with Crippen LogP contribution >= 0.6 is 15.9 Å². The van der Waals surface area contributed by atoms with Crippen LogP contribution < -0.4 is 10.1 Å². The molecule has 1 atom stereocenters. The van der Waals surface area contributed by atoms with E-state index in [1.807, 2.05) is 6.92 Å². The van der Waals surface area contributed by atoms with Crippen LogP contribution in [-0.4, -0.2) is 6.36 Å². The average Bonchev–Trinajstić information content (AvgIpc) is 2.74. The van der Waals surface area contributed by atoms with E-state index in [1.54, 1.807) is 18.2 Å². The van der Waals surface area contributed by atoms with Crippen molar-refractivity contribution in [3.05, 3.63) is 46.8 Å². The minimum atomic E-state index is -4.70. The van der Waals surface area contributed by atoms with Gasteiger partial charge in [0.05, 0.1) is 6.04 Å². The minimum Gasteiger partial charge on any atom is -0.452 e. The first kappa shape index (κ1) is 14.8. The average molecular weight is 350 g/mol. The Labute approximate surface area is 121 Å². The van der Waals surface area contributed by atoms with Crippen LogP contribution in [0.4, 0.5) is 18.9 Å². The third-order valence-electron chi connectivity index (χ3n) is 2.47. The zero-order valence-electron chi connectivity index (χ0n) is 10.4. The third-order valence-corrected chi connectivity index (χ3v) is 2.90. The molecule has 20 heavy (non-hydrogen) atoms. The number of hydrogen-bond acceptors (Lipinski definition) is 3. The predicted octanol–water partition coefficient (Wildman–Crippen LogP) is 5.11. The monoisotopic (exact) mass is 349 g/mol. The summed E-state index contributed by atoms with van der Waals surface area (Å²) in [6.45, 7) is 1.84. The molecule has 0 bridgehead atoms. The quantitative estimate of drug-likeness (QED) is 0.832. The summed E-state index contributed by atoms with van der Waals surface area (Å²) >= 11 is 3.19. The lowest BCUT2D eigenvalue weighted by Gasteiger charge is -2.14. The van der Waals surface area contributed by atoms with E-state index in [9.17, 15) is 13.2 Å². The lowest BCUT2D eigenvalue weighted by atomic mass is 10.2. The molecule has 3 nitrogen and oxygen atoms in total. The van der Waals surface area contributed by atoms with Crippen molar-refractivity contribution in [1.29, 1.82) is 0 Å². The predicted molar refractivity (Wildman–Crippen MR) is 71.6 cm³/mol. The molecule has 1 aromatic heterocycles. The summed E-state index contributed by atoms with van der Waals surface area (Å²) in [5, 5.41) is 3.04. The molecule has 0 aliphatic carbocycles. The van der Waals surface area contributed by atoms with Crippen LogP contribution in [0.2, 0.25) is 0 Å². The van der Waals surface area contributed by atoms with Gasteiger partial charge in [0.15, 0.2) is 4.67 Å². The lowest BCUT2D eigenvalue weighted by Crippen LogP contribution is -2.17. The topological polar surface area (TPSA) is 34.4 Å². The number of rotatable bonds is 4. The Kier molecular flexibility index (Phi) is 4.27. The van der Waals surface area contributed by atoms with Gasteiger partial charge in [0.1, 0.15) is 11.5 Å². The summed E-state index contributed by atoms with van der Waals surface area (Å²) in [5.74, 6) is 0.398. The summed E-state index contributed by atoms with van der Waals surface area (Å²) < 4.78 is 46.2. The maximum atomic E-state index is 12.1. The number of hydrogen-bond donors (Lipinski definition) is 1. The van der Waals surface area contributed by atoms with Crippen molar-refractivity contribution in [2.45, 2.75) is 19.3 Å². The molecule has 0 saturated carbocycles. The smallest absolute Gasteiger partial charge is 0.452 e. The lowest BCUT2D eigenvalue weighted by molar-refractivity contribution is -0.274. The van der Waals surface area contributed by atoms with Crippen molar-refractivity contribution in [2.75, 3.05) is 5.32 Å². The molecule has 0 saturated heterocycles. The standard InChI is InChI=1S/C13H11BrF3NO2/c1-8(11-5-6-12(14)19-11)18-9-3-2-4-10(7-9)20-13(15,16)17/h2-8,18H,1H3. The van der Waals surface area contributed by atoms with Crippen LogP contribution in [0.15, 0.2) is 45.5 Å². The van der Waals surface area contributed by atoms with Gasteiger partial charge in [0, 0.05) is 11.8 Å². The zero-order chi connectivity index (χ0) is 14.8. The van der Waals surface area contributed by atoms with Crippen LogP contribution in [0.3, 0.4) is 0 Å². The van der Waals surface area contributed by atoms with E-state index >= 15 is 0 Å². The number of furan rings is 1. The Morgan fingerprint density at radius 3 is 2.60 bits per heavy atom. The minimum absolute atomic E-state index is 0.192. The molecule has 0 spiro atoms. The first-order chi connectivity index (χ1) is 9.33. The van der Waals surface area contributed by atoms with Gasteiger partial charge in [0.2, 0.25) is 0 Å². The molecular formula is C13H11BrF3NO2. The van der Waals surface area contributed by atoms with Crippen LogP contribution in [0.5, 0.6) is 5.75 Å². The Morgan fingerprint density at radius 2 is 2.00 bits per heavy atom. The summed E-state index contributed by atoms with van der Waals surface area (Å²) in [4.78, 5) is 0. The van der Waals surface area contributed by atoms with Gasteiger partial charge < -0.3 is 14.5 Å². The summed E-state index contributed by atoms with van der Waals surface area (Å²) in [5.41, 5.74) is 0.506. The number of alkyl halides is 3. The first-order valence-corrected chi connectivity index (χ1v) is 6.50. The van der Waals surface area contributed by atoms with Crippen molar-refractivity contribution in [3.8, 4) is 5.75 Å². The van der Waals surface area contributed by atoms with Gasteiger partial charge in [-0.1, -0.05) is 6.07 Å². The molecule has 1 heterocycles. The highest BCUT2D eigenvalue weighted by atomic mass is 79.9. The molecule has 1 N–H and O–H groups in total. The van der Waals surface area contributed by atoms with Gasteiger partial charge in [-0.3, -0.25) is 0 Å². The molecule has 0 radical (unpaired) electrons. The van der Waals surface area contributed by atoms with E-state index in [0.717, 1.165) is 0 Å². The molecule has 0 amide bonds. The number of nitrogens with one attached hydrogen (secondary N) is 1. The Hall–Kier alpha value is -1.63. The molecular weight excluding hydrogens is 339 g/mol. The third kappa shape index (κ3) is 4.19. The van der Waals surface area contributed by atoms with Crippen LogP contribution in [0.25, 0.3) is 0 Å². The van der Waals surface area contributed by atoms with Gasteiger partial charge in [-0.15, -0.1) is 13.2 Å². The van der Waals surface area contributed by atoms with Crippen LogP contribution in [0, 0.1) is 0 Å². The molecule has 1 unspecified atom stereocenters. The molecule has 0 fully saturated rings. The van der Waals surface area contributed by atoms with E-state index in [4.69, 9.17) is 4.42 Å². The van der Waals surface area contributed by atoms with Crippen molar-refractivity contribution in [3.63, 3.8) is 0 Å². The number of benzene rings is 1. The Bertz CT molecular complexity index is 583. The van der Waals surface area contributed by atoms with Crippen LogP contribution in [0.1, 0.15) is 18.7 Å².